The zero-order valence-corrected chi connectivity index (χ0v) is 12.1. The molecule has 0 saturated carbocycles. The third-order valence-electron chi connectivity index (χ3n) is 3.75. The van der Waals surface area contributed by atoms with Gasteiger partial charge in [0.1, 0.15) is 18.0 Å². The number of rotatable bonds is 4. The smallest absolute Gasteiger partial charge is 0.134 e. The summed E-state index contributed by atoms with van der Waals surface area (Å²) in [5, 5.41) is 3.34. The average molecular weight is 283 g/mol. The zero-order chi connectivity index (χ0) is 14.5. The second-order valence-electron chi connectivity index (χ2n) is 5.45. The molecular weight excluding hydrogens is 262 g/mol. The fraction of sp³-hybridized carbons (Fsp3) is 0.375. The van der Waals surface area contributed by atoms with Crippen LogP contribution < -0.4 is 16.0 Å². The second-order valence-corrected chi connectivity index (χ2v) is 5.45. The maximum Gasteiger partial charge on any atom is 0.134 e. The van der Waals surface area contributed by atoms with Crippen LogP contribution in [0.25, 0.3) is 0 Å². The van der Waals surface area contributed by atoms with Crippen molar-refractivity contribution in [2.75, 3.05) is 23.3 Å². The van der Waals surface area contributed by atoms with Crippen LogP contribution in [0.2, 0.25) is 0 Å². The highest BCUT2D eigenvalue weighted by molar-refractivity contribution is 5.49. The first-order valence-electron chi connectivity index (χ1n) is 7.41. The van der Waals surface area contributed by atoms with Crippen molar-refractivity contribution >= 4 is 11.6 Å². The molecule has 5 heteroatoms. The molecule has 21 heavy (non-hydrogen) atoms. The number of hydrogen-bond donors (Lipinski definition) is 2. The van der Waals surface area contributed by atoms with Crippen LogP contribution in [0.3, 0.4) is 0 Å². The zero-order valence-electron chi connectivity index (χ0n) is 12.1. The van der Waals surface area contributed by atoms with Gasteiger partial charge in [0.15, 0.2) is 0 Å². The van der Waals surface area contributed by atoms with Crippen LogP contribution in [-0.2, 0) is 6.54 Å². The highest BCUT2D eigenvalue weighted by Crippen LogP contribution is 2.19. The molecule has 0 amide bonds. The minimum absolute atomic E-state index is 0.245. The number of nitrogens with one attached hydrogen (secondary N) is 1. The largest absolute Gasteiger partial charge is 0.366 e. The molecule has 1 aliphatic heterocycles. The lowest BCUT2D eigenvalue weighted by atomic mass is 10.1. The predicted molar refractivity (Wildman–Crippen MR) is 85.2 cm³/mol. The molecular formula is C16H21N5. The first-order valence-corrected chi connectivity index (χ1v) is 7.41. The van der Waals surface area contributed by atoms with Crippen LogP contribution in [0.15, 0.2) is 42.7 Å². The van der Waals surface area contributed by atoms with Gasteiger partial charge in [-0.05, 0) is 18.4 Å². The molecule has 1 atom stereocenters. The molecule has 1 aromatic heterocycles. The van der Waals surface area contributed by atoms with E-state index in [1.807, 2.05) is 24.3 Å². The summed E-state index contributed by atoms with van der Waals surface area (Å²) in [6, 6.07) is 12.5. The minimum atomic E-state index is 0.245. The summed E-state index contributed by atoms with van der Waals surface area (Å²) < 4.78 is 0. The Morgan fingerprint density at radius 3 is 2.90 bits per heavy atom. The van der Waals surface area contributed by atoms with Crippen LogP contribution in [0.4, 0.5) is 11.6 Å². The van der Waals surface area contributed by atoms with E-state index in [9.17, 15) is 0 Å². The summed E-state index contributed by atoms with van der Waals surface area (Å²) in [6.45, 7) is 2.65. The molecule has 0 spiro atoms. The van der Waals surface area contributed by atoms with Crippen LogP contribution >= 0.6 is 0 Å². The molecule has 2 aromatic rings. The van der Waals surface area contributed by atoms with E-state index in [4.69, 9.17) is 5.73 Å². The quantitative estimate of drug-likeness (QED) is 0.898. The molecule has 0 radical (unpaired) electrons. The molecule has 1 aliphatic rings. The van der Waals surface area contributed by atoms with Gasteiger partial charge in [-0.25, -0.2) is 9.97 Å². The summed E-state index contributed by atoms with van der Waals surface area (Å²) in [7, 11) is 0. The van der Waals surface area contributed by atoms with Gasteiger partial charge in [0, 0.05) is 31.7 Å². The van der Waals surface area contributed by atoms with Gasteiger partial charge in [-0.2, -0.15) is 0 Å². The van der Waals surface area contributed by atoms with Crippen LogP contribution in [-0.4, -0.2) is 29.1 Å². The first kappa shape index (κ1) is 13.8. The van der Waals surface area contributed by atoms with Crippen molar-refractivity contribution in [3.05, 3.63) is 48.3 Å². The summed E-state index contributed by atoms with van der Waals surface area (Å²) >= 11 is 0. The molecule has 5 nitrogen and oxygen atoms in total. The van der Waals surface area contributed by atoms with Gasteiger partial charge in [-0.1, -0.05) is 30.3 Å². The maximum atomic E-state index is 6.03. The molecule has 1 aromatic carbocycles. The van der Waals surface area contributed by atoms with E-state index in [2.05, 4.69) is 32.3 Å². The van der Waals surface area contributed by atoms with Crippen molar-refractivity contribution in [2.24, 2.45) is 5.73 Å². The molecule has 2 heterocycles. The lowest BCUT2D eigenvalue weighted by molar-refractivity contribution is 0.503. The summed E-state index contributed by atoms with van der Waals surface area (Å²) in [6.07, 6.45) is 3.83. The van der Waals surface area contributed by atoms with Crippen molar-refractivity contribution in [2.45, 2.75) is 25.4 Å². The predicted octanol–water partition coefficient (Wildman–Crippen LogP) is 2.02. The summed E-state index contributed by atoms with van der Waals surface area (Å²) in [5.74, 6) is 1.80. The topological polar surface area (TPSA) is 67.1 Å². The van der Waals surface area contributed by atoms with E-state index < -0.39 is 0 Å². The van der Waals surface area contributed by atoms with Gasteiger partial charge in [0.05, 0.1) is 0 Å². The highest BCUT2D eigenvalue weighted by atomic mass is 15.2. The lowest BCUT2D eigenvalue weighted by Crippen LogP contribution is -2.43. The number of piperidine rings is 1. The van der Waals surface area contributed by atoms with Gasteiger partial charge >= 0.3 is 0 Å². The Hall–Kier alpha value is -2.14. The number of nitrogens with zero attached hydrogens (tertiary/aromatic N) is 3. The number of aromatic nitrogens is 2. The van der Waals surface area contributed by atoms with Crippen LogP contribution in [0.5, 0.6) is 0 Å². The third kappa shape index (κ3) is 3.70. The Bertz CT molecular complexity index is 572. The molecule has 1 saturated heterocycles. The van der Waals surface area contributed by atoms with E-state index in [0.29, 0.717) is 0 Å². The van der Waals surface area contributed by atoms with E-state index in [0.717, 1.165) is 44.1 Å². The Labute approximate surface area is 125 Å². The molecule has 0 bridgehead atoms. The number of benzene rings is 1. The van der Waals surface area contributed by atoms with Gasteiger partial charge in [0.2, 0.25) is 0 Å². The van der Waals surface area contributed by atoms with E-state index >= 15 is 0 Å². The number of anilines is 2. The summed E-state index contributed by atoms with van der Waals surface area (Å²) in [5.41, 5.74) is 7.27. The van der Waals surface area contributed by atoms with Gasteiger partial charge < -0.3 is 16.0 Å². The molecule has 110 valence electrons. The van der Waals surface area contributed by atoms with Crippen LogP contribution in [0, 0.1) is 0 Å². The fourth-order valence-corrected chi connectivity index (χ4v) is 2.62. The van der Waals surface area contributed by atoms with E-state index in [-0.39, 0.29) is 6.04 Å². The van der Waals surface area contributed by atoms with Crippen molar-refractivity contribution in [3.63, 3.8) is 0 Å². The summed E-state index contributed by atoms with van der Waals surface area (Å²) in [4.78, 5) is 10.9. The van der Waals surface area contributed by atoms with Gasteiger partial charge in [-0.3, -0.25) is 0 Å². The Balaban J connectivity index is 1.65. The average Bonchev–Trinajstić information content (AvgIpc) is 2.54. The van der Waals surface area contributed by atoms with Gasteiger partial charge in [-0.15, -0.1) is 0 Å². The molecule has 3 N–H and O–H groups in total. The molecule has 0 aliphatic carbocycles. The van der Waals surface area contributed by atoms with E-state index in [1.54, 1.807) is 6.33 Å². The van der Waals surface area contributed by atoms with E-state index in [1.165, 1.54) is 5.56 Å². The lowest BCUT2D eigenvalue weighted by Gasteiger charge is -2.31. The Morgan fingerprint density at radius 2 is 2.10 bits per heavy atom. The standard InChI is InChI=1S/C16H21N5/c17-14-7-4-8-21(11-14)16-9-15(19-12-20-16)18-10-13-5-2-1-3-6-13/h1-3,5-6,9,12,14H,4,7-8,10-11,17H2,(H,18,19,20). The van der Waals surface area contributed by atoms with Crippen molar-refractivity contribution < 1.29 is 0 Å². The number of nitrogens with two attached hydrogens (primary N) is 1. The maximum absolute atomic E-state index is 6.03. The fourth-order valence-electron chi connectivity index (χ4n) is 2.62. The monoisotopic (exact) mass is 283 g/mol. The normalized spacial score (nSPS) is 18.5. The van der Waals surface area contributed by atoms with Gasteiger partial charge in [0.25, 0.3) is 0 Å². The van der Waals surface area contributed by atoms with Crippen molar-refractivity contribution in [1.82, 2.24) is 9.97 Å². The Kier molecular flexibility index (Phi) is 4.31. The second kappa shape index (κ2) is 6.54. The van der Waals surface area contributed by atoms with Crippen molar-refractivity contribution in [1.29, 1.82) is 0 Å². The number of hydrogen-bond acceptors (Lipinski definition) is 5. The third-order valence-corrected chi connectivity index (χ3v) is 3.75. The highest BCUT2D eigenvalue weighted by Gasteiger charge is 2.18. The van der Waals surface area contributed by atoms with Crippen LogP contribution in [0.1, 0.15) is 18.4 Å². The SMILES string of the molecule is NC1CCCN(c2cc(NCc3ccccc3)ncn2)C1. The Morgan fingerprint density at radius 1 is 1.24 bits per heavy atom. The minimum Gasteiger partial charge on any atom is -0.366 e. The molecule has 1 unspecified atom stereocenters. The van der Waals surface area contributed by atoms with Crippen molar-refractivity contribution in [3.8, 4) is 0 Å². The first-order chi connectivity index (χ1) is 10.3. The molecule has 1 fully saturated rings. The molecule has 3 rings (SSSR count).